The molecule has 0 bridgehead atoms. The first kappa shape index (κ1) is 14.7. The molecule has 0 aliphatic carbocycles. The van der Waals surface area contributed by atoms with Gasteiger partial charge >= 0.3 is 6.03 Å². The van der Waals surface area contributed by atoms with Crippen LogP contribution in [0, 0.1) is 6.92 Å². The number of amides is 2. The number of hydrogen-bond donors (Lipinski definition) is 1. The summed E-state index contributed by atoms with van der Waals surface area (Å²) >= 11 is 6.16. The smallest absolute Gasteiger partial charge is 0.317 e. The van der Waals surface area contributed by atoms with Crippen molar-refractivity contribution in [3.05, 3.63) is 41.4 Å². The van der Waals surface area contributed by atoms with E-state index in [1.165, 1.54) is 0 Å². The summed E-state index contributed by atoms with van der Waals surface area (Å²) in [7, 11) is 0. The Morgan fingerprint density at radius 3 is 2.70 bits per heavy atom. The van der Waals surface area contributed by atoms with Crippen LogP contribution in [-0.2, 0) is 0 Å². The van der Waals surface area contributed by atoms with Gasteiger partial charge in [0.25, 0.3) is 0 Å². The number of benzene rings is 1. The molecule has 0 spiro atoms. The Morgan fingerprint density at radius 2 is 2.10 bits per heavy atom. The molecule has 1 saturated heterocycles. The Morgan fingerprint density at radius 1 is 1.40 bits per heavy atom. The quantitative estimate of drug-likeness (QED) is 0.870. The first-order valence-electron chi connectivity index (χ1n) is 6.76. The summed E-state index contributed by atoms with van der Waals surface area (Å²) in [6, 6.07) is 6.08. The van der Waals surface area contributed by atoms with Crippen LogP contribution in [0.4, 0.5) is 10.5 Å². The molecule has 2 rings (SSSR count). The van der Waals surface area contributed by atoms with Crippen molar-refractivity contribution in [3.8, 4) is 0 Å². The van der Waals surface area contributed by atoms with Crippen LogP contribution in [0.3, 0.4) is 0 Å². The second-order valence-corrected chi connectivity index (χ2v) is 5.29. The molecule has 5 heteroatoms. The fourth-order valence-electron chi connectivity index (χ4n) is 2.22. The topological polar surface area (TPSA) is 35.6 Å². The minimum Gasteiger partial charge on any atom is -0.368 e. The molecule has 1 aliphatic rings. The molecule has 20 heavy (non-hydrogen) atoms. The Bertz CT molecular complexity index is 496. The number of halogens is 1. The van der Waals surface area contributed by atoms with Gasteiger partial charge in [0.2, 0.25) is 0 Å². The lowest BCUT2D eigenvalue weighted by atomic mass is 10.2. The Hall–Kier alpha value is -1.68. The lowest BCUT2D eigenvalue weighted by Gasteiger charge is -2.36. The van der Waals surface area contributed by atoms with E-state index in [0.717, 1.165) is 29.4 Å². The normalized spacial score (nSPS) is 15.1. The van der Waals surface area contributed by atoms with Gasteiger partial charge in [0.15, 0.2) is 0 Å². The van der Waals surface area contributed by atoms with Gasteiger partial charge in [-0.25, -0.2) is 4.79 Å². The van der Waals surface area contributed by atoms with Gasteiger partial charge < -0.3 is 15.1 Å². The van der Waals surface area contributed by atoms with Crippen molar-refractivity contribution < 1.29 is 4.79 Å². The predicted octanol–water partition coefficient (Wildman–Crippen LogP) is 2.67. The van der Waals surface area contributed by atoms with Gasteiger partial charge in [0, 0.05) is 43.4 Å². The number of aryl methyl sites for hydroxylation is 1. The molecule has 0 saturated carbocycles. The lowest BCUT2D eigenvalue weighted by Crippen LogP contribution is -2.51. The molecule has 108 valence electrons. The van der Waals surface area contributed by atoms with Gasteiger partial charge in [-0.15, -0.1) is 6.58 Å². The minimum atomic E-state index is -0.0218. The van der Waals surface area contributed by atoms with E-state index < -0.39 is 0 Å². The minimum absolute atomic E-state index is 0.0218. The van der Waals surface area contributed by atoms with Crippen molar-refractivity contribution in [2.45, 2.75) is 6.92 Å². The van der Waals surface area contributed by atoms with Crippen LogP contribution in [0.2, 0.25) is 5.02 Å². The Labute approximate surface area is 125 Å². The number of carbonyl (C=O) groups is 1. The van der Waals surface area contributed by atoms with Gasteiger partial charge in [-0.1, -0.05) is 23.7 Å². The molecule has 1 heterocycles. The number of nitrogens with zero attached hydrogens (tertiary/aromatic N) is 2. The second kappa shape index (κ2) is 6.66. The molecule has 0 radical (unpaired) electrons. The zero-order valence-corrected chi connectivity index (χ0v) is 12.5. The fourth-order valence-corrected chi connectivity index (χ4v) is 2.39. The largest absolute Gasteiger partial charge is 0.368 e. The number of anilines is 1. The molecular formula is C15H20ClN3O. The standard InChI is InChI=1S/C15H20ClN3O/c1-3-6-17-15(20)19-9-7-18(8-10-19)13-5-4-12(2)14(16)11-13/h3-5,11H,1,6-10H2,2H3,(H,17,20). The average Bonchev–Trinajstić information content (AvgIpc) is 2.48. The third-order valence-electron chi connectivity index (χ3n) is 3.49. The van der Waals surface area contributed by atoms with E-state index in [4.69, 9.17) is 11.6 Å². The van der Waals surface area contributed by atoms with Crippen LogP contribution < -0.4 is 10.2 Å². The molecule has 2 amide bonds. The van der Waals surface area contributed by atoms with Crippen LogP contribution in [0.1, 0.15) is 5.56 Å². The van der Waals surface area contributed by atoms with Crippen LogP contribution in [-0.4, -0.2) is 43.7 Å². The van der Waals surface area contributed by atoms with E-state index in [2.05, 4.69) is 22.9 Å². The summed E-state index contributed by atoms with van der Waals surface area (Å²) in [4.78, 5) is 15.9. The molecule has 1 N–H and O–H groups in total. The summed E-state index contributed by atoms with van der Waals surface area (Å²) in [6.45, 7) is 9.17. The zero-order chi connectivity index (χ0) is 14.5. The van der Waals surface area contributed by atoms with Crippen LogP contribution >= 0.6 is 11.6 Å². The van der Waals surface area contributed by atoms with Crippen molar-refractivity contribution in [2.75, 3.05) is 37.6 Å². The molecular weight excluding hydrogens is 274 g/mol. The monoisotopic (exact) mass is 293 g/mol. The van der Waals surface area contributed by atoms with Crippen molar-refractivity contribution >= 4 is 23.3 Å². The summed E-state index contributed by atoms with van der Waals surface area (Å²) in [5.74, 6) is 0. The van der Waals surface area contributed by atoms with Crippen molar-refractivity contribution in [1.29, 1.82) is 0 Å². The molecule has 4 nitrogen and oxygen atoms in total. The fraction of sp³-hybridized carbons (Fsp3) is 0.400. The highest BCUT2D eigenvalue weighted by molar-refractivity contribution is 6.31. The van der Waals surface area contributed by atoms with E-state index in [-0.39, 0.29) is 6.03 Å². The maximum atomic E-state index is 11.8. The summed E-state index contributed by atoms with van der Waals surface area (Å²) < 4.78 is 0. The van der Waals surface area contributed by atoms with E-state index in [9.17, 15) is 4.79 Å². The first-order chi connectivity index (χ1) is 9.61. The molecule has 1 aromatic carbocycles. The molecule has 0 unspecified atom stereocenters. The number of nitrogens with one attached hydrogen (secondary N) is 1. The molecule has 1 aromatic rings. The molecule has 0 aromatic heterocycles. The predicted molar refractivity (Wildman–Crippen MR) is 83.6 cm³/mol. The third kappa shape index (κ3) is 3.45. The summed E-state index contributed by atoms with van der Waals surface area (Å²) in [5.41, 5.74) is 2.20. The van der Waals surface area contributed by atoms with E-state index in [1.54, 1.807) is 6.08 Å². The second-order valence-electron chi connectivity index (χ2n) is 4.88. The highest BCUT2D eigenvalue weighted by Gasteiger charge is 2.20. The molecule has 0 atom stereocenters. The summed E-state index contributed by atoms with van der Waals surface area (Å²) in [6.07, 6.45) is 1.68. The maximum absolute atomic E-state index is 11.8. The van der Waals surface area contributed by atoms with Gasteiger partial charge in [-0.2, -0.15) is 0 Å². The molecule has 1 aliphatic heterocycles. The number of hydrogen-bond acceptors (Lipinski definition) is 2. The van der Waals surface area contributed by atoms with Crippen LogP contribution in [0.25, 0.3) is 0 Å². The van der Waals surface area contributed by atoms with E-state index in [1.807, 2.05) is 24.0 Å². The number of urea groups is 1. The SMILES string of the molecule is C=CCNC(=O)N1CCN(c2ccc(C)c(Cl)c2)CC1. The highest BCUT2D eigenvalue weighted by Crippen LogP contribution is 2.24. The van der Waals surface area contributed by atoms with E-state index >= 15 is 0 Å². The highest BCUT2D eigenvalue weighted by atomic mass is 35.5. The van der Waals surface area contributed by atoms with Gasteiger partial charge in [0.1, 0.15) is 0 Å². The molecule has 1 fully saturated rings. The first-order valence-corrected chi connectivity index (χ1v) is 7.14. The van der Waals surface area contributed by atoms with Crippen LogP contribution in [0.5, 0.6) is 0 Å². The zero-order valence-electron chi connectivity index (χ0n) is 11.7. The van der Waals surface area contributed by atoms with Crippen LogP contribution in [0.15, 0.2) is 30.9 Å². The number of piperazine rings is 1. The van der Waals surface area contributed by atoms with Crippen molar-refractivity contribution in [3.63, 3.8) is 0 Å². The van der Waals surface area contributed by atoms with Crippen molar-refractivity contribution in [2.24, 2.45) is 0 Å². The van der Waals surface area contributed by atoms with Crippen molar-refractivity contribution in [1.82, 2.24) is 10.2 Å². The van der Waals surface area contributed by atoms with E-state index in [0.29, 0.717) is 19.6 Å². The van der Waals surface area contributed by atoms with Gasteiger partial charge in [-0.05, 0) is 24.6 Å². The number of rotatable bonds is 3. The maximum Gasteiger partial charge on any atom is 0.317 e. The number of carbonyl (C=O) groups excluding carboxylic acids is 1. The third-order valence-corrected chi connectivity index (χ3v) is 3.89. The lowest BCUT2D eigenvalue weighted by molar-refractivity contribution is 0.195. The Balaban J connectivity index is 1.92. The van der Waals surface area contributed by atoms with Gasteiger partial charge in [-0.3, -0.25) is 0 Å². The summed E-state index contributed by atoms with van der Waals surface area (Å²) in [5, 5.41) is 3.59. The Kier molecular flexibility index (Phi) is 4.90. The average molecular weight is 294 g/mol. The van der Waals surface area contributed by atoms with Gasteiger partial charge in [0.05, 0.1) is 0 Å².